The monoisotopic (exact) mass is 1290 g/mol. The van der Waals surface area contributed by atoms with Gasteiger partial charge in [-0.2, -0.15) is 0 Å². The Hall–Kier alpha value is -3.53. The van der Waals surface area contributed by atoms with Gasteiger partial charge in [-0.3, -0.25) is 32.5 Å². The Morgan fingerprint density at radius 3 is 1.00 bits per heavy atom. The molecule has 514 valence electrons. The van der Waals surface area contributed by atoms with E-state index in [2.05, 4.69) is 118 Å². The van der Waals surface area contributed by atoms with E-state index in [9.17, 15) is 43.5 Å². The number of hydrogen-bond acceptors (Lipinski definition) is 14. The molecule has 18 heteroatoms. The second-order valence-corrected chi connectivity index (χ2v) is 25.8. The molecule has 0 aromatic carbocycles. The average Bonchev–Trinajstić information content (AvgIpc) is 3.73. The van der Waals surface area contributed by atoms with Gasteiger partial charge < -0.3 is 34.2 Å². The topological polar surface area (TPSA) is 231 Å². The molecule has 0 bridgehead atoms. The molecule has 89 heavy (non-hydrogen) atoms. The van der Waals surface area contributed by atoms with E-state index >= 15 is 0 Å². The number of unbranched alkanes of at least 4 members (excludes halogenated alkanes) is 26. The van der Waals surface area contributed by atoms with Crippen molar-refractivity contribution in [3.05, 3.63) is 97.2 Å². The number of hydrogen-bond donors (Lipinski definition) is 4. The Morgan fingerprint density at radius 1 is 0.326 bits per heavy atom. The van der Waals surface area contributed by atoms with Crippen molar-refractivity contribution in [2.75, 3.05) is 39.6 Å². The van der Waals surface area contributed by atoms with Gasteiger partial charge in [0.05, 0.1) is 26.4 Å². The standard InChI is InChI=1S/C71H124O16P2/c1-4-7-10-13-16-19-22-24-25-26-27-28-29-30-31-32-33-34-35-36-37-38-39-41-44-45-48-51-54-57-69(74)81-60-66(72)61-83-88(77,78)84-62-67(73)63-85-89(79,80)86-65-68(87-71(76)59-56-53-50-47-42-21-18-15-12-9-6-3)64-82-70(75)58-55-52-49-46-43-40-23-20-17-14-11-8-5-2/h7,10-11,14-16,18-20,23-25,27-28,30-31,66-68,72-73H,4-6,8-9,12-13,17,21-22,26,29,32-65H2,1-3H3,(H,77,78)(H,79,80)/b10-7-,14-11-,18-15-,19-16-,23-20-,25-24-,28-27-,31-30-. The normalized spacial score (nSPS) is 14.8. The van der Waals surface area contributed by atoms with Crippen molar-refractivity contribution in [3.8, 4) is 0 Å². The number of carbonyl (C=O) groups excluding carboxylic acids is 3. The summed E-state index contributed by atoms with van der Waals surface area (Å²) in [5.74, 6) is -1.60. The van der Waals surface area contributed by atoms with Crippen LogP contribution in [-0.2, 0) is 55.8 Å². The fraction of sp³-hybridized carbons (Fsp3) is 0.732. The molecule has 0 radical (unpaired) electrons. The summed E-state index contributed by atoms with van der Waals surface area (Å²) >= 11 is 0. The van der Waals surface area contributed by atoms with Crippen molar-refractivity contribution < 1.29 is 75.8 Å². The van der Waals surface area contributed by atoms with Gasteiger partial charge in [-0.25, -0.2) is 9.13 Å². The Balaban J connectivity index is 4.39. The lowest BCUT2D eigenvalue weighted by molar-refractivity contribution is -0.161. The first kappa shape index (κ1) is 85.5. The lowest BCUT2D eigenvalue weighted by atomic mass is 10.0. The molecule has 0 saturated carbocycles. The molecule has 0 heterocycles. The molecular weight excluding hydrogens is 1170 g/mol. The van der Waals surface area contributed by atoms with E-state index in [1.165, 1.54) is 70.6 Å². The van der Waals surface area contributed by atoms with Gasteiger partial charge in [-0.05, 0) is 109 Å². The first-order valence-corrected chi connectivity index (χ1v) is 37.5. The van der Waals surface area contributed by atoms with Crippen molar-refractivity contribution in [1.82, 2.24) is 0 Å². The summed E-state index contributed by atoms with van der Waals surface area (Å²) in [5.41, 5.74) is 0. The zero-order valence-corrected chi connectivity index (χ0v) is 57.4. The first-order chi connectivity index (χ1) is 43.2. The fourth-order valence-corrected chi connectivity index (χ4v) is 10.6. The molecule has 4 N–H and O–H groups in total. The van der Waals surface area contributed by atoms with Crippen molar-refractivity contribution in [1.29, 1.82) is 0 Å². The smallest absolute Gasteiger partial charge is 0.463 e. The SMILES string of the molecule is CC/C=C\C/C=C\C/C=C\C/C=C\C/C=C\CCCCCCCCCCCCCCCC(=O)OCC(O)COP(=O)(O)OCC(O)COP(=O)(O)OCC(COC(=O)CCCCCCC/C=C\C/C=C\CCC)OC(=O)CCCCCCC/C=C\CCCC. The minimum atomic E-state index is -4.92. The number of ether oxygens (including phenoxy) is 3. The van der Waals surface area contributed by atoms with Gasteiger partial charge in [0.2, 0.25) is 0 Å². The van der Waals surface area contributed by atoms with E-state index in [1.54, 1.807) is 0 Å². The second-order valence-electron chi connectivity index (χ2n) is 22.9. The largest absolute Gasteiger partial charge is 0.472 e. The Bertz CT molecular complexity index is 2010. The van der Waals surface area contributed by atoms with Crippen LogP contribution in [0.5, 0.6) is 0 Å². The van der Waals surface area contributed by atoms with Crippen LogP contribution in [0.15, 0.2) is 97.2 Å². The summed E-state index contributed by atoms with van der Waals surface area (Å²) in [6.45, 7) is 2.42. The Morgan fingerprint density at radius 2 is 0.618 bits per heavy atom. The lowest BCUT2D eigenvalue weighted by Crippen LogP contribution is -2.30. The van der Waals surface area contributed by atoms with Crippen molar-refractivity contribution >= 4 is 33.6 Å². The van der Waals surface area contributed by atoms with Gasteiger partial charge in [-0.15, -0.1) is 0 Å². The van der Waals surface area contributed by atoms with Gasteiger partial charge in [0.1, 0.15) is 25.4 Å². The molecule has 0 rings (SSSR count). The molecule has 16 nitrogen and oxygen atoms in total. The number of phosphoric ester groups is 2. The predicted octanol–water partition coefficient (Wildman–Crippen LogP) is 19.1. The number of aliphatic hydroxyl groups is 2. The number of aliphatic hydroxyl groups excluding tert-OH is 2. The molecule has 0 aliphatic heterocycles. The van der Waals surface area contributed by atoms with Crippen LogP contribution in [0.4, 0.5) is 0 Å². The third-order valence-corrected chi connectivity index (χ3v) is 16.1. The van der Waals surface area contributed by atoms with Crippen molar-refractivity contribution in [3.63, 3.8) is 0 Å². The molecule has 0 aliphatic rings. The number of esters is 3. The minimum absolute atomic E-state index is 0.0915. The molecule has 0 aliphatic carbocycles. The summed E-state index contributed by atoms with van der Waals surface area (Å²) in [6, 6.07) is 0. The van der Waals surface area contributed by atoms with Gasteiger partial charge in [0.15, 0.2) is 6.10 Å². The van der Waals surface area contributed by atoms with E-state index in [4.69, 9.17) is 32.3 Å². The van der Waals surface area contributed by atoms with Crippen LogP contribution in [0.2, 0.25) is 0 Å². The quantitative estimate of drug-likeness (QED) is 0.0146. The molecule has 0 fully saturated rings. The zero-order chi connectivity index (χ0) is 65.3. The molecular formula is C71H124O16P2. The summed E-state index contributed by atoms with van der Waals surface area (Å²) in [5, 5.41) is 20.5. The zero-order valence-electron chi connectivity index (χ0n) is 55.6. The van der Waals surface area contributed by atoms with Crippen molar-refractivity contribution in [2.45, 2.75) is 296 Å². The molecule has 0 aromatic heterocycles. The number of rotatable bonds is 65. The minimum Gasteiger partial charge on any atom is -0.463 e. The molecule has 0 saturated heterocycles. The molecule has 0 amide bonds. The van der Waals surface area contributed by atoms with Gasteiger partial charge in [0.25, 0.3) is 0 Å². The maximum absolute atomic E-state index is 12.8. The summed E-state index contributed by atoms with van der Waals surface area (Å²) in [4.78, 5) is 58.2. The lowest BCUT2D eigenvalue weighted by Gasteiger charge is -2.21. The van der Waals surface area contributed by atoms with Crippen LogP contribution >= 0.6 is 15.6 Å². The van der Waals surface area contributed by atoms with Gasteiger partial charge in [-0.1, -0.05) is 246 Å². The van der Waals surface area contributed by atoms with Crippen LogP contribution < -0.4 is 0 Å². The second kappa shape index (κ2) is 64.6. The van der Waals surface area contributed by atoms with E-state index in [-0.39, 0.29) is 19.3 Å². The van der Waals surface area contributed by atoms with E-state index in [0.717, 1.165) is 148 Å². The maximum Gasteiger partial charge on any atom is 0.472 e. The maximum atomic E-state index is 12.8. The molecule has 5 unspecified atom stereocenters. The predicted molar refractivity (Wildman–Crippen MR) is 362 cm³/mol. The van der Waals surface area contributed by atoms with Crippen LogP contribution in [-0.4, -0.2) is 95.9 Å². The number of carbonyl (C=O) groups is 3. The van der Waals surface area contributed by atoms with E-state index in [1.807, 2.05) is 0 Å². The Labute approximate surface area is 539 Å². The third-order valence-electron chi connectivity index (χ3n) is 14.2. The third kappa shape index (κ3) is 65.8. The summed E-state index contributed by atoms with van der Waals surface area (Å²) in [7, 11) is -9.77. The van der Waals surface area contributed by atoms with Crippen LogP contribution in [0.3, 0.4) is 0 Å². The molecule has 0 spiro atoms. The van der Waals surface area contributed by atoms with Gasteiger partial charge >= 0.3 is 33.6 Å². The van der Waals surface area contributed by atoms with Crippen LogP contribution in [0.25, 0.3) is 0 Å². The number of phosphoric acid groups is 2. The highest BCUT2D eigenvalue weighted by atomic mass is 31.2. The highest BCUT2D eigenvalue weighted by Crippen LogP contribution is 2.45. The summed E-state index contributed by atoms with van der Waals surface area (Å²) in [6.07, 6.45) is 70.6. The fourth-order valence-electron chi connectivity index (χ4n) is 8.97. The van der Waals surface area contributed by atoms with Gasteiger partial charge in [0, 0.05) is 19.3 Å². The van der Waals surface area contributed by atoms with Crippen molar-refractivity contribution in [2.24, 2.45) is 0 Å². The summed E-state index contributed by atoms with van der Waals surface area (Å²) < 4.78 is 60.7. The first-order valence-electron chi connectivity index (χ1n) is 34.5. The molecule has 5 atom stereocenters. The van der Waals surface area contributed by atoms with Crippen LogP contribution in [0.1, 0.15) is 278 Å². The molecule has 0 aromatic rings. The number of allylic oxidation sites excluding steroid dienone is 16. The average molecular weight is 1300 g/mol. The van der Waals surface area contributed by atoms with E-state index in [0.29, 0.717) is 19.3 Å². The van der Waals surface area contributed by atoms with Crippen LogP contribution in [0, 0.1) is 0 Å². The highest BCUT2D eigenvalue weighted by Gasteiger charge is 2.29. The highest BCUT2D eigenvalue weighted by molar-refractivity contribution is 7.47. The Kier molecular flexibility index (Phi) is 62.0. The van der Waals surface area contributed by atoms with E-state index < -0.39 is 91.5 Å².